The van der Waals surface area contributed by atoms with Crippen LogP contribution in [0.5, 0.6) is 0 Å². The average molecular weight is 244 g/mol. The molecule has 2 heterocycles. The van der Waals surface area contributed by atoms with Crippen LogP contribution in [-0.4, -0.2) is 28.3 Å². The molecule has 1 fully saturated rings. The molecule has 1 unspecified atom stereocenters. The Balaban J connectivity index is 2.26. The van der Waals surface area contributed by atoms with E-state index in [2.05, 4.69) is 9.97 Å². The summed E-state index contributed by atoms with van der Waals surface area (Å²) in [4.78, 5) is 7.90. The summed E-state index contributed by atoms with van der Waals surface area (Å²) in [5, 5.41) is 8.93. The predicted molar refractivity (Wildman–Crippen MR) is 55.7 cm³/mol. The van der Waals surface area contributed by atoms with E-state index in [0.29, 0.717) is 19.0 Å². The highest BCUT2D eigenvalue weighted by Gasteiger charge is 2.22. The molecule has 1 aliphatic rings. The zero-order chi connectivity index (χ0) is 12.3. The van der Waals surface area contributed by atoms with Crippen LogP contribution in [0.1, 0.15) is 42.3 Å². The summed E-state index contributed by atoms with van der Waals surface area (Å²) in [6.07, 6.45) is 0.322. The first-order chi connectivity index (χ1) is 8.22. The minimum atomic E-state index is -2.69. The molecule has 6 heteroatoms. The van der Waals surface area contributed by atoms with Crippen molar-refractivity contribution in [3.05, 3.63) is 23.3 Å². The van der Waals surface area contributed by atoms with E-state index in [1.54, 1.807) is 0 Å². The number of hydrogen-bond acceptors (Lipinski definition) is 4. The van der Waals surface area contributed by atoms with Gasteiger partial charge in [0.1, 0.15) is 11.5 Å². The fourth-order valence-electron chi connectivity index (χ4n) is 1.89. The highest BCUT2D eigenvalue weighted by molar-refractivity contribution is 5.19. The van der Waals surface area contributed by atoms with E-state index in [-0.39, 0.29) is 17.2 Å². The van der Waals surface area contributed by atoms with Crippen LogP contribution in [0.3, 0.4) is 0 Å². The first-order valence-electron chi connectivity index (χ1n) is 5.55. The molecule has 17 heavy (non-hydrogen) atoms. The van der Waals surface area contributed by atoms with Crippen LogP contribution in [0.4, 0.5) is 8.78 Å². The van der Waals surface area contributed by atoms with Crippen LogP contribution in [0.2, 0.25) is 0 Å². The molecular weight excluding hydrogens is 230 g/mol. The Bertz CT molecular complexity index is 382. The van der Waals surface area contributed by atoms with E-state index >= 15 is 0 Å². The average Bonchev–Trinajstić information content (AvgIpc) is 2.39. The van der Waals surface area contributed by atoms with Crippen molar-refractivity contribution < 1.29 is 18.6 Å². The number of ether oxygens (including phenoxy) is 1. The number of alkyl halides is 2. The molecular formula is C11H14F2N2O2. The fourth-order valence-corrected chi connectivity index (χ4v) is 1.89. The Morgan fingerprint density at radius 3 is 2.94 bits per heavy atom. The highest BCUT2D eigenvalue weighted by Crippen LogP contribution is 2.26. The third kappa shape index (κ3) is 2.76. The van der Waals surface area contributed by atoms with Gasteiger partial charge in [0.05, 0.1) is 13.2 Å². The van der Waals surface area contributed by atoms with E-state index in [1.165, 1.54) is 6.20 Å². The zero-order valence-corrected chi connectivity index (χ0v) is 9.27. The normalized spacial score (nSPS) is 20.8. The second kappa shape index (κ2) is 5.46. The van der Waals surface area contributed by atoms with Crippen molar-refractivity contribution >= 4 is 0 Å². The summed E-state index contributed by atoms with van der Waals surface area (Å²) in [5.74, 6) is 0.367. The summed E-state index contributed by atoms with van der Waals surface area (Å²) in [6, 6.07) is 0. The lowest BCUT2D eigenvalue weighted by Gasteiger charge is -2.21. The molecule has 1 N–H and O–H groups in total. The van der Waals surface area contributed by atoms with E-state index < -0.39 is 13.0 Å². The van der Waals surface area contributed by atoms with Gasteiger partial charge < -0.3 is 9.84 Å². The van der Waals surface area contributed by atoms with Crippen LogP contribution in [0, 0.1) is 0 Å². The van der Waals surface area contributed by atoms with Crippen LogP contribution in [-0.2, 0) is 11.3 Å². The van der Waals surface area contributed by atoms with Gasteiger partial charge >= 0.3 is 0 Å². The van der Waals surface area contributed by atoms with Crippen LogP contribution in [0.25, 0.3) is 0 Å². The summed E-state index contributed by atoms with van der Waals surface area (Å²) in [5.41, 5.74) is -0.288. The van der Waals surface area contributed by atoms with Crippen molar-refractivity contribution in [3.63, 3.8) is 0 Å². The maximum atomic E-state index is 12.7. The summed E-state index contributed by atoms with van der Waals surface area (Å²) >= 11 is 0. The molecule has 1 saturated heterocycles. The Morgan fingerprint density at radius 2 is 2.35 bits per heavy atom. The smallest absolute Gasteiger partial charge is 0.280 e. The van der Waals surface area contributed by atoms with Crippen LogP contribution in [0.15, 0.2) is 6.20 Å². The molecule has 1 aromatic rings. The molecule has 1 atom stereocenters. The maximum Gasteiger partial charge on any atom is 0.280 e. The summed E-state index contributed by atoms with van der Waals surface area (Å²) in [6.45, 7) is 0.704. The molecule has 1 aromatic heterocycles. The number of hydrogen-bond donors (Lipinski definition) is 1. The first-order valence-corrected chi connectivity index (χ1v) is 5.55. The molecule has 0 bridgehead atoms. The molecule has 94 valence electrons. The van der Waals surface area contributed by atoms with Gasteiger partial charge in [-0.2, -0.15) is 0 Å². The first kappa shape index (κ1) is 12.3. The Morgan fingerprint density at radius 1 is 1.53 bits per heavy atom. The van der Waals surface area contributed by atoms with Crippen LogP contribution < -0.4 is 0 Å². The van der Waals surface area contributed by atoms with Gasteiger partial charge in [0, 0.05) is 24.3 Å². The van der Waals surface area contributed by atoms with E-state index in [1.807, 2.05) is 0 Å². The van der Waals surface area contributed by atoms with Crippen LogP contribution >= 0.6 is 0 Å². The predicted octanol–water partition coefficient (Wildman–Crippen LogP) is 1.80. The number of aromatic nitrogens is 2. The van der Waals surface area contributed by atoms with Gasteiger partial charge in [-0.1, -0.05) is 0 Å². The van der Waals surface area contributed by atoms with Crippen molar-refractivity contribution in [1.82, 2.24) is 9.97 Å². The Kier molecular flexibility index (Phi) is 3.96. The molecule has 0 saturated carbocycles. The number of aliphatic hydroxyl groups is 1. The third-order valence-corrected chi connectivity index (χ3v) is 2.82. The SMILES string of the molecule is OCc1cnc(C2CCCOC2)nc1C(F)F. The minimum Gasteiger partial charge on any atom is -0.392 e. The second-order valence-corrected chi connectivity index (χ2v) is 4.01. The standard InChI is InChI=1S/C11H14F2N2O2/c12-10(13)9-8(5-16)4-14-11(15-9)7-2-1-3-17-6-7/h4,7,10,16H,1-3,5-6H2. The lowest BCUT2D eigenvalue weighted by atomic mass is 10.0. The fraction of sp³-hybridized carbons (Fsp3) is 0.636. The van der Waals surface area contributed by atoms with E-state index in [9.17, 15) is 8.78 Å². The summed E-state index contributed by atoms with van der Waals surface area (Å²) in [7, 11) is 0. The zero-order valence-electron chi connectivity index (χ0n) is 9.27. The molecule has 0 spiro atoms. The largest absolute Gasteiger partial charge is 0.392 e. The lowest BCUT2D eigenvalue weighted by molar-refractivity contribution is 0.0773. The van der Waals surface area contributed by atoms with Gasteiger partial charge in [-0.3, -0.25) is 0 Å². The molecule has 0 amide bonds. The van der Waals surface area contributed by atoms with Crippen molar-refractivity contribution in [2.24, 2.45) is 0 Å². The number of halogens is 2. The molecule has 0 radical (unpaired) electrons. The number of aliphatic hydroxyl groups excluding tert-OH is 1. The van der Waals surface area contributed by atoms with E-state index in [4.69, 9.17) is 9.84 Å². The van der Waals surface area contributed by atoms with Gasteiger partial charge in [0.15, 0.2) is 0 Å². The molecule has 1 aliphatic heterocycles. The maximum absolute atomic E-state index is 12.7. The molecule has 0 aromatic carbocycles. The Hall–Kier alpha value is -1.14. The minimum absolute atomic E-state index is 0.0195. The van der Waals surface area contributed by atoms with Gasteiger partial charge in [-0.15, -0.1) is 0 Å². The molecule has 4 nitrogen and oxygen atoms in total. The number of nitrogens with zero attached hydrogens (tertiary/aromatic N) is 2. The van der Waals surface area contributed by atoms with Crippen molar-refractivity contribution in [3.8, 4) is 0 Å². The van der Waals surface area contributed by atoms with Crippen molar-refractivity contribution in [2.45, 2.75) is 31.8 Å². The molecule has 2 rings (SSSR count). The third-order valence-electron chi connectivity index (χ3n) is 2.82. The Labute approximate surface area is 97.7 Å². The van der Waals surface area contributed by atoms with Crippen molar-refractivity contribution in [1.29, 1.82) is 0 Å². The quantitative estimate of drug-likeness (QED) is 0.880. The molecule has 0 aliphatic carbocycles. The van der Waals surface area contributed by atoms with Gasteiger partial charge in [-0.05, 0) is 12.8 Å². The highest BCUT2D eigenvalue weighted by atomic mass is 19.3. The van der Waals surface area contributed by atoms with Gasteiger partial charge in [-0.25, -0.2) is 18.7 Å². The van der Waals surface area contributed by atoms with Gasteiger partial charge in [0.2, 0.25) is 0 Å². The monoisotopic (exact) mass is 244 g/mol. The summed E-state index contributed by atoms with van der Waals surface area (Å²) < 4.78 is 30.7. The van der Waals surface area contributed by atoms with Crippen molar-refractivity contribution in [2.75, 3.05) is 13.2 Å². The second-order valence-electron chi connectivity index (χ2n) is 4.01. The topological polar surface area (TPSA) is 55.2 Å². The van der Waals surface area contributed by atoms with E-state index in [0.717, 1.165) is 12.8 Å². The van der Waals surface area contributed by atoms with Gasteiger partial charge in [0.25, 0.3) is 6.43 Å². The lowest BCUT2D eigenvalue weighted by Crippen LogP contribution is -2.19. The number of rotatable bonds is 3.